The molecule has 1 aliphatic rings. The molecule has 0 bridgehead atoms. The van der Waals surface area contributed by atoms with Crippen molar-refractivity contribution in [3.8, 4) is 17.2 Å². The van der Waals surface area contributed by atoms with Gasteiger partial charge in [0.05, 0.1) is 12.1 Å². The fourth-order valence-corrected chi connectivity index (χ4v) is 2.56. The highest BCUT2D eigenvalue weighted by Crippen LogP contribution is 2.32. The molecule has 0 aliphatic carbocycles. The highest BCUT2D eigenvalue weighted by atomic mass is 16.6. The summed E-state index contributed by atoms with van der Waals surface area (Å²) in [4.78, 5) is 12.2. The van der Waals surface area contributed by atoms with Crippen molar-refractivity contribution in [2.45, 2.75) is 6.42 Å². The Morgan fingerprint density at radius 2 is 1.88 bits per heavy atom. The van der Waals surface area contributed by atoms with Crippen molar-refractivity contribution in [1.29, 1.82) is 0 Å². The summed E-state index contributed by atoms with van der Waals surface area (Å²) >= 11 is 0. The van der Waals surface area contributed by atoms with Gasteiger partial charge in [-0.1, -0.05) is 12.1 Å². The molecule has 4 rings (SSSR count). The predicted molar refractivity (Wildman–Crippen MR) is 88.9 cm³/mol. The smallest absolute Gasteiger partial charge is 0.228 e. The summed E-state index contributed by atoms with van der Waals surface area (Å²) in [5.74, 6) is 1.24. The van der Waals surface area contributed by atoms with Crippen LogP contribution < -0.4 is 14.8 Å². The van der Waals surface area contributed by atoms with Crippen molar-refractivity contribution < 1.29 is 14.3 Å². The van der Waals surface area contributed by atoms with Crippen LogP contribution in [0.4, 0.5) is 5.69 Å². The molecule has 0 unspecified atom stereocenters. The molecule has 0 atom stereocenters. The number of hydrogen-bond donors (Lipinski definition) is 1. The van der Waals surface area contributed by atoms with E-state index in [9.17, 15) is 4.79 Å². The summed E-state index contributed by atoms with van der Waals surface area (Å²) in [5.41, 5.74) is 2.41. The van der Waals surface area contributed by atoms with Crippen LogP contribution in [0.15, 0.2) is 48.8 Å². The monoisotopic (exact) mass is 337 g/mol. The number of fused-ring (bicyclic) bond motifs is 1. The van der Waals surface area contributed by atoms with Crippen LogP contribution in [0.1, 0.15) is 5.56 Å². The molecular formula is C17H15N5O3. The summed E-state index contributed by atoms with van der Waals surface area (Å²) in [6, 6.07) is 12.8. The molecule has 1 N–H and O–H groups in total. The summed E-state index contributed by atoms with van der Waals surface area (Å²) in [6.07, 6.45) is 1.79. The largest absolute Gasteiger partial charge is 0.486 e. The van der Waals surface area contributed by atoms with Crippen LogP contribution in [0.25, 0.3) is 5.69 Å². The first-order valence-corrected chi connectivity index (χ1v) is 7.80. The molecule has 25 heavy (non-hydrogen) atoms. The Hall–Kier alpha value is -3.42. The zero-order valence-corrected chi connectivity index (χ0v) is 13.3. The third kappa shape index (κ3) is 3.42. The second kappa shape index (κ2) is 6.60. The van der Waals surface area contributed by atoms with Crippen LogP contribution in [0.2, 0.25) is 0 Å². The van der Waals surface area contributed by atoms with Crippen LogP contribution >= 0.6 is 0 Å². The van der Waals surface area contributed by atoms with Gasteiger partial charge in [0.2, 0.25) is 5.91 Å². The van der Waals surface area contributed by atoms with Gasteiger partial charge in [-0.2, -0.15) is 0 Å². The number of ether oxygens (including phenoxy) is 2. The average molecular weight is 337 g/mol. The van der Waals surface area contributed by atoms with Crippen molar-refractivity contribution >= 4 is 11.6 Å². The van der Waals surface area contributed by atoms with Crippen molar-refractivity contribution in [2.24, 2.45) is 0 Å². The molecule has 0 radical (unpaired) electrons. The molecular weight excluding hydrogens is 322 g/mol. The second-order valence-electron chi connectivity index (χ2n) is 5.50. The van der Waals surface area contributed by atoms with Crippen LogP contribution in [0.5, 0.6) is 11.5 Å². The summed E-state index contributed by atoms with van der Waals surface area (Å²) in [5, 5.41) is 13.9. The van der Waals surface area contributed by atoms with Crippen LogP contribution in [0.3, 0.4) is 0 Å². The standard InChI is InChI=1S/C17H15N5O3/c23-17(19-13-3-6-15-16(10-13)25-8-7-24-15)9-12-1-4-14(5-2-12)22-11-18-20-21-22/h1-6,10-11H,7-9H2,(H,19,23). The lowest BCUT2D eigenvalue weighted by molar-refractivity contribution is -0.115. The number of carbonyl (C=O) groups excluding carboxylic acids is 1. The maximum absolute atomic E-state index is 12.2. The quantitative estimate of drug-likeness (QED) is 0.778. The summed E-state index contributed by atoms with van der Waals surface area (Å²) in [6.45, 7) is 1.05. The predicted octanol–water partition coefficient (Wildman–Crippen LogP) is 1.61. The topological polar surface area (TPSA) is 91.2 Å². The minimum absolute atomic E-state index is 0.105. The van der Waals surface area contributed by atoms with E-state index in [0.717, 1.165) is 11.3 Å². The van der Waals surface area contributed by atoms with E-state index in [-0.39, 0.29) is 12.3 Å². The molecule has 3 aromatic rings. The molecule has 2 heterocycles. The molecule has 0 spiro atoms. The van der Waals surface area contributed by atoms with E-state index in [1.807, 2.05) is 24.3 Å². The van der Waals surface area contributed by atoms with E-state index in [4.69, 9.17) is 9.47 Å². The Morgan fingerprint density at radius 1 is 1.08 bits per heavy atom. The van der Waals surface area contributed by atoms with Gasteiger partial charge in [-0.15, -0.1) is 5.10 Å². The first kappa shape index (κ1) is 15.1. The zero-order valence-electron chi connectivity index (χ0n) is 13.3. The molecule has 0 saturated heterocycles. The van der Waals surface area contributed by atoms with E-state index in [1.165, 1.54) is 6.33 Å². The molecule has 126 valence electrons. The van der Waals surface area contributed by atoms with Crippen LogP contribution in [0, 0.1) is 0 Å². The van der Waals surface area contributed by atoms with Crippen LogP contribution in [-0.2, 0) is 11.2 Å². The number of anilines is 1. The van der Waals surface area contributed by atoms with E-state index < -0.39 is 0 Å². The van der Waals surface area contributed by atoms with Crippen molar-refractivity contribution in [2.75, 3.05) is 18.5 Å². The Morgan fingerprint density at radius 3 is 2.64 bits per heavy atom. The number of nitrogens with one attached hydrogen (secondary N) is 1. The normalized spacial score (nSPS) is 12.6. The number of benzene rings is 2. The van der Waals surface area contributed by atoms with E-state index >= 15 is 0 Å². The van der Waals surface area contributed by atoms with Gasteiger partial charge >= 0.3 is 0 Å². The van der Waals surface area contributed by atoms with Gasteiger partial charge in [0.1, 0.15) is 19.5 Å². The van der Waals surface area contributed by atoms with Gasteiger partial charge in [0.15, 0.2) is 11.5 Å². The fourth-order valence-electron chi connectivity index (χ4n) is 2.56. The molecule has 0 saturated carbocycles. The Labute approximate surface area is 143 Å². The maximum atomic E-state index is 12.2. The first-order valence-electron chi connectivity index (χ1n) is 7.80. The van der Waals surface area contributed by atoms with Crippen LogP contribution in [-0.4, -0.2) is 39.3 Å². The van der Waals surface area contributed by atoms with Gasteiger partial charge in [0.25, 0.3) is 0 Å². The zero-order chi connectivity index (χ0) is 17.1. The number of carbonyl (C=O) groups is 1. The number of tetrazole rings is 1. The Balaban J connectivity index is 1.40. The molecule has 8 nitrogen and oxygen atoms in total. The lowest BCUT2D eigenvalue weighted by Gasteiger charge is -2.19. The van der Waals surface area contributed by atoms with Gasteiger partial charge in [0, 0.05) is 11.8 Å². The third-order valence-electron chi connectivity index (χ3n) is 3.74. The number of hydrogen-bond acceptors (Lipinski definition) is 6. The van der Waals surface area contributed by atoms with Gasteiger partial charge < -0.3 is 14.8 Å². The Kier molecular flexibility index (Phi) is 3.99. The average Bonchev–Trinajstić information content (AvgIpc) is 3.17. The lowest BCUT2D eigenvalue weighted by atomic mass is 10.1. The second-order valence-corrected chi connectivity index (χ2v) is 5.50. The first-order chi connectivity index (χ1) is 12.3. The SMILES string of the molecule is O=C(Cc1ccc(-n2cnnn2)cc1)Nc1ccc2c(c1)OCCO2. The lowest BCUT2D eigenvalue weighted by Crippen LogP contribution is -2.17. The summed E-state index contributed by atoms with van der Waals surface area (Å²) in [7, 11) is 0. The number of nitrogens with zero attached hydrogens (tertiary/aromatic N) is 4. The van der Waals surface area contributed by atoms with Crippen molar-refractivity contribution in [3.05, 3.63) is 54.4 Å². The minimum Gasteiger partial charge on any atom is -0.486 e. The number of rotatable bonds is 4. The fraction of sp³-hybridized carbons (Fsp3) is 0.176. The minimum atomic E-state index is -0.105. The van der Waals surface area contributed by atoms with Crippen molar-refractivity contribution in [1.82, 2.24) is 20.2 Å². The van der Waals surface area contributed by atoms with E-state index in [2.05, 4.69) is 20.8 Å². The molecule has 1 aromatic heterocycles. The molecule has 0 fully saturated rings. The van der Waals surface area contributed by atoms with E-state index in [1.54, 1.807) is 22.9 Å². The summed E-state index contributed by atoms with van der Waals surface area (Å²) < 4.78 is 12.5. The molecule has 8 heteroatoms. The highest BCUT2D eigenvalue weighted by molar-refractivity contribution is 5.92. The van der Waals surface area contributed by atoms with Gasteiger partial charge in [-0.05, 0) is 40.3 Å². The number of aromatic nitrogens is 4. The maximum Gasteiger partial charge on any atom is 0.228 e. The highest BCUT2D eigenvalue weighted by Gasteiger charge is 2.13. The van der Waals surface area contributed by atoms with Gasteiger partial charge in [-0.3, -0.25) is 4.79 Å². The molecule has 2 aromatic carbocycles. The van der Waals surface area contributed by atoms with Gasteiger partial charge in [-0.25, -0.2) is 4.68 Å². The number of amides is 1. The molecule has 1 amide bonds. The third-order valence-corrected chi connectivity index (χ3v) is 3.74. The van der Waals surface area contributed by atoms with E-state index in [0.29, 0.717) is 30.4 Å². The Bertz CT molecular complexity index is 878. The molecule has 1 aliphatic heterocycles. The van der Waals surface area contributed by atoms with Crippen molar-refractivity contribution in [3.63, 3.8) is 0 Å².